The van der Waals surface area contributed by atoms with Gasteiger partial charge in [-0.1, -0.05) is 40.0 Å². The molecular formula is C15H34N2Si2. The zero-order chi connectivity index (χ0) is 14.3. The fourth-order valence-corrected chi connectivity index (χ4v) is 15.5. The van der Waals surface area contributed by atoms with Crippen LogP contribution in [0, 0.1) is 0 Å². The Morgan fingerprint density at radius 3 is 1.16 bits per heavy atom. The summed E-state index contributed by atoms with van der Waals surface area (Å²) in [6.45, 7) is 21.3. The Morgan fingerprint density at radius 1 is 0.632 bits per heavy atom. The highest BCUT2D eigenvalue weighted by Gasteiger charge is 2.56. The van der Waals surface area contributed by atoms with Crippen molar-refractivity contribution in [2.45, 2.75) is 70.4 Å². The molecule has 112 valence electrons. The molecule has 0 unspecified atom stereocenters. The standard InChI is InChI=1S/C15H34N2Si2/c1-15(2,18(3,4)16-11-7-8-12-16)19(5,6)17-13-9-10-14-17/h7-14H2,1-6H3. The highest BCUT2D eigenvalue weighted by molar-refractivity contribution is 6.97. The normalized spacial score (nSPS) is 24.3. The van der Waals surface area contributed by atoms with Gasteiger partial charge in [-0.3, -0.25) is 0 Å². The van der Waals surface area contributed by atoms with Crippen LogP contribution >= 0.6 is 0 Å². The third-order valence-corrected chi connectivity index (χ3v) is 20.7. The largest absolute Gasteiger partial charge is 0.323 e. The second kappa shape index (κ2) is 5.28. The molecule has 2 aliphatic rings. The lowest BCUT2D eigenvalue weighted by Crippen LogP contribution is -2.68. The van der Waals surface area contributed by atoms with Gasteiger partial charge in [0.15, 0.2) is 0 Å². The second-order valence-corrected chi connectivity index (χ2v) is 18.6. The van der Waals surface area contributed by atoms with Crippen LogP contribution in [0.1, 0.15) is 39.5 Å². The quantitative estimate of drug-likeness (QED) is 0.726. The van der Waals surface area contributed by atoms with E-state index in [0.29, 0.717) is 4.66 Å². The van der Waals surface area contributed by atoms with Crippen LogP contribution in [0.3, 0.4) is 0 Å². The molecule has 19 heavy (non-hydrogen) atoms. The van der Waals surface area contributed by atoms with Crippen molar-refractivity contribution in [1.82, 2.24) is 9.13 Å². The predicted molar refractivity (Wildman–Crippen MR) is 90.6 cm³/mol. The monoisotopic (exact) mass is 298 g/mol. The van der Waals surface area contributed by atoms with Gasteiger partial charge in [0.1, 0.15) is 16.5 Å². The van der Waals surface area contributed by atoms with Crippen LogP contribution < -0.4 is 0 Å². The van der Waals surface area contributed by atoms with E-state index < -0.39 is 16.5 Å². The molecule has 0 aromatic carbocycles. The van der Waals surface area contributed by atoms with E-state index in [4.69, 9.17) is 0 Å². The number of nitrogens with zero attached hydrogens (tertiary/aromatic N) is 2. The van der Waals surface area contributed by atoms with Crippen LogP contribution in [0.2, 0.25) is 30.8 Å². The van der Waals surface area contributed by atoms with Gasteiger partial charge in [-0.2, -0.15) is 0 Å². The van der Waals surface area contributed by atoms with E-state index in [1.165, 1.54) is 51.9 Å². The number of hydrogen-bond acceptors (Lipinski definition) is 2. The molecule has 0 atom stereocenters. The average Bonchev–Trinajstić information content (AvgIpc) is 3.02. The maximum absolute atomic E-state index is 2.90. The molecular weight excluding hydrogens is 264 g/mol. The fraction of sp³-hybridized carbons (Fsp3) is 1.00. The Kier molecular flexibility index (Phi) is 4.37. The molecule has 0 aliphatic carbocycles. The molecule has 0 radical (unpaired) electrons. The highest BCUT2D eigenvalue weighted by atomic mass is 28.4. The van der Waals surface area contributed by atoms with Crippen LogP contribution in [0.25, 0.3) is 0 Å². The minimum atomic E-state index is -1.35. The summed E-state index contributed by atoms with van der Waals surface area (Å²) in [5.41, 5.74) is 0. The van der Waals surface area contributed by atoms with E-state index in [1.54, 1.807) is 0 Å². The summed E-state index contributed by atoms with van der Waals surface area (Å²) in [4.78, 5) is 0. The Morgan fingerprint density at radius 2 is 0.895 bits per heavy atom. The molecule has 4 heteroatoms. The van der Waals surface area contributed by atoms with Crippen molar-refractivity contribution in [2.24, 2.45) is 0 Å². The van der Waals surface area contributed by atoms with Crippen molar-refractivity contribution in [3.63, 3.8) is 0 Å². The van der Waals surface area contributed by atoms with Crippen LogP contribution in [-0.2, 0) is 0 Å². The maximum Gasteiger partial charge on any atom is 0.126 e. The van der Waals surface area contributed by atoms with Crippen molar-refractivity contribution < 1.29 is 0 Å². The number of rotatable bonds is 4. The van der Waals surface area contributed by atoms with Crippen LogP contribution in [-0.4, -0.2) is 51.8 Å². The molecule has 2 heterocycles. The molecule has 2 rings (SSSR count). The molecule has 2 nitrogen and oxygen atoms in total. The molecule has 0 amide bonds. The molecule has 2 fully saturated rings. The van der Waals surface area contributed by atoms with E-state index in [0.717, 1.165) is 0 Å². The summed E-state index contributed by atoms with van der Waals surface area (Å²) >= 11 is 0. The SMILES string of the molecule is CC(C)([Si](C)(C)N1CCCC1)[Si](C)(C)N1CCCC1. The first-order valence-corrected chi connectivity index (χ1v) is 14.1. The number of hydrogen-bond donors (Lipinski definition) is 0. The van der Waals surface area contributed by atoms with Crippen molar-refractivity contribution in [3.05, 3.63) is 0 Å². The van der Waals surface area contributed by atoms with Crippen molar-refractivity contribution in [1.29, 1.82) is 0 Å². The van der Waals surface area contributed by atoms with Gasteiger partial charge in [0.2, 0.25) is 0 Å². The summed E-state index contributed by atoms with van der Waals surface area (Å²) in [5.74, 6) is 0. The molecule has 0 spiro atoms. The molecule has 0 bridgehead atoms. The molecule has 2 saturated heterocycles. The van der Waals surface area contributed by atoms with Crippen LogP contribution in [0.5, 0.6) is 0 Å². The Hall–Kier alpha value is 0.354. The van der Waals surface area contributed by atoms with Crippen molar-refractivity contribution in [2.75, 3.05) is 26.2 Å². The third-order valence-electron chi connectivity index (χ3n) is 6.85. The fourth-order valence-electron chi connectivity index (χ4n) is 4.09. The predicted octanol–water partition coefficient (Wildman–Crippen LogP) is 3.91. The Labute approximate surface area is 122 Å². The minimum Gasteiger partial charge on any atom is -0.323 e. The summed E-state index contributed by atoms with van der Waals surface area (Å²) in [5, 5.41) is 0. The third kappa shape index (κ3) is 2.50. The Balaban J connectivity index is 2.23. The zero-order valence-corrected chi connectivity index (χ0v) is 16.1. The summed E-state index contributed by atoms with van der Waals surface area (Å²) < 4.78 is 6.35. The lowest BCUT2D eigenvalue weighted by Gasteiger charge is -2.56. The lowest BCUT2D eigenvalue weighted by molar-refractivity contribution is 0.463. The smallest absolute Gasteiger partial charge is 0.126 e. The van der Waals surface area contributed by atoms with Crippen molar-refractivity contribution in [3.8, 4) is 0 Å². The Bertz CT molecular complexity index is 284. The summed E-state index contributed by atoms with van der Waals surface area (Å²) in [6.07, 6.45) is 5.72. The average molecular weight is 299 g/mol. The van der Waals surface area contributed by atoms with Crippen molar-refractivity contribution >= 4 is 16.5 Å². The summed E-state index contributed by atoms with van der Waals surface area (Å²) in [7, 11) is -2.69. The van der Waals surface area contributed by atoms with E-state index in [9.17, 15) is 0 Å². The van der Waals surface area contributed by atoms with E-state index in [2.05, 4.69) is 49.2 Å². The van der Waals surface area contributed by atoms with Gasteiger partial charge >= 0.3 is 0 Å². The molecule has 0 aromatic heterocycles. The van der Waals surface area contributed by atoms with Gasteiger partial charge in [-0.05, 0) is 56.5 Å². The van der Waals surface area contributed by atoms with Gasteiger partial charge < -0.3 is 9.13 Å². The van der Waals surface area contributed by atoms with Gasteiger partial charge in [-0.15, -0.1) is 0 Å². The molecule has 0 aromatic rings. The topological polar surface area (TPSA) is 6.48 Å². The molecule has 0 N–H and O–H groups in total. The van der Waals surface area contributed by atoms with Crippen LogP contribution in [0.4, 0.5) is 0 Å². The van der Waals surface area contributed by atoms with E-state index in [1.807, 2.05) is 0 Å². The maximum atomic E-state index is 2.90. The lowest BCUT2D eigenvalue weighted by atomic mass is 10.4. The first kappa shape index (κ1) is 15.7. The molecule has 0 saturated carbocycles. The summed E-state index contributed by atoms with van der Waals surface area (Å²) in [6, 6.07) is 0. The van der Waals surface area contributed by atoms with Gasteiger partial charge in [0.05, 0.1) is 0 Å². The highest BCUT2D eigenvalue weighted by Crippen LogP contribution is 2.49. The van der Waals surface area contributed by atoms with E-state index >= 15 is 0 Å². The van der Waals surface area contributed by atoms with Gasteiger partial charge in [-0.25, -0.2) is 0 Å². The zero-order valence-electron chi connectivity index (χ0n) is 14.1. The molecule has 2 aliphatic heterocycles. The van der Waals surface area contributed by atoms with E-state index in [-0.39, 0.29) is 0 Å². The second-order valence-electron chi connectivity index (χ2n) is 8.13. The first-order chi connectivity index (χ1) is 8.71. The van der Waals surface area contributed by atoms with Gasteiger partial charge in [0.25, 0.3) is 0 Å². The minimum absolute atomic E-state index is 0.550. The van der Waals surface area contributed by atoms with Gasteiger partial charge in [0, 0.05) is 0 Å². The van der Waals surface area contributed by atoms with Crippen LogP contribution in [0.15, 0.2) is 0 Å². The first-order valence-electron chi connectivity index (χ1n) is 8.21.